The van der Waals surface area contributed by atoms with Gasteiger partial charge in [-0.15, -0.1) is 0 Å². The number of hydrogen-bond acceptors (Lipinski definition) is 10. The number of imide groups is 2. The zero-order valence-electron chi connectivity index (χ0n) is 25.4. The number of amides is 4. The van der Waals surface area contributed by atoms with E-state index in [1.165, 1.54) is 0 Å². The maximum absolute atomic E-state index is 13.0. The number of esters is 2. The fourth-order valence-corrected chi connectivity index (χ4v) is 6.82. The van der Waals surface area contributed by atoms with Crippen LogP contribution in [0.5, 0.6) is 0 Å². The number of nitrogens with zero attached hydrogens (tertiary/aromatic N) is 2. The summed E-state index contributed by atoms with van der Waals surface area (Å²) in [5, 5.41) is 6.65. The fraction of sp³-hybridized carbons (Fsp3) is 0.800. The molecular weight excluding hydrogens is 544 g/mol. The second kappa shape index (κ2) is 13.2. The molecule has 0 aromatic rings. The monoisotopic (exact) mass is 590 g/mol. The van der Waals surface area contributed by atoms with Crippen molar-refractivity contribution in [2.24, 2.45) is 0 Å². The van der Waals surface area contributed by atoms with Crippen molar-refractivity contribution in [3.8, 4) is 0 Å². The number of nitrogens with one attached hydrogen (secondary N) is 2. The van der Waals surface area contributed by atoms with Crippen LogP contribution in [0.15, 0.2) is 0 Å². The van der Waals surface area contributed by atoms with Crippen molar-refractivity contribution < 1.29 is 38.2 Å². The summed E-state index contributed by atoms with van der Waals surface area (Å²) in [4.78, 5) is 79.0. The van der Waals surface area contributed by atoms with Gasteiger partial charge in [0.2, 0.25) is 11.8 Å². The molecule has 2 aliphatic heterocycles. The molecule has 4 amide bonds. The summed E-state index contributed by atoms with van der Waals surface area (Å²) < 4.78 is 10.4. The van der Waals surface area contributed by atoms with Crippen LogP contribution in [0, 0.1) is 0 Å². The number of unbranched alkanes of at least 4 members (excludes halogenated alkanes) is 3. The van der Waals surface area contributed by atoms with Crippen LogP contribution in [-0.4, -0.2) is 93.8 Å². The maximum Gasteiger partial charge on any atom is 0.397 e. The second-order valence-corrected chi connectivity index (χ2v) is 13.1. The second-order valence-electron chi connectivity index (χ2n) is 13.1. The molecule has 4 rings (SSSR count). The number of ether oxygens (including phenoxy) is 2. The largest absolute Gasteiger partial charge is 0.459 e. The summed E-state index contributed by atoms with van der Waals surface area (Å²) in [6.45, 7) is 6.94. The summed E-state index contributed by atoms with van der Waals surface area (Å²) in [6.07, 6.45) is 9.10. The Labute approximate surface area is 247 Å². The SMILES string of the molecule is CC1(C)NC2CCCCC2N(C(=O)C(=O)OCCCCCCOC(=O)C(=O)N2C(=O)C(C)(C)N[C@H]3CCCC[C@@H]32)C1=O. The van der Waals surface area contributed by atoms with Crippen molar-refractivity contribution in [1.82, 2.24) is 20.4 Å². The number of fused-ring (bicyclic) bond motifs is 2. The number of carbonyl (C=O) groups is 6. The van der Waals surface area contributed by atoms with Gasteiger partial charge >= 0.3 is 23.8 Å². The van der Waals surface area contributed by atoms with Crippen molar-refractivity contribution in [2.75, 3.05) is 13.2 Å². The molecule has 2 N–H and O–H groups in total. The van der Waals surface area contributed by atoms with Gasteiger partial charge in [-0.2, -0.15) is 0 Å². The molecule has 0 spiro atoms. The van der Waals surface area contributed by atoms with Gasteiger partial charge in [0.15, 0.2) is 0 Å². The highest BCUT2D eigenvalue weighted by Gasteiger charge is 2.51. The third kappa shape index (κ3) is 6.85. The Kier molecular flexibility index (Phi) is 10.1. The van der Waals surface area contributed by atoms with Gasteiger partial charge in [-0.05, 0) is 79.1 Å². The van der Waals surface area contributed by atoms with Crippen LogP contribution in [-0.2, 0) is 38.2 Å². The van der Waals surface area contributed by atoms with E-state index in [1.54, 1.807) is 27.7 Å². The zero-order valence-corrected chi connectivity index (χ0v) is 25.4. The molecule has 4 atom stereocenters. The minimum absolute atomic E-state index is 0.0269. The lowest BCUT2D eigenvalue weighted by molar-refractivity contribution is -0.170. The van der Waals surface area contributed by atoms with Crippen LogP contribution in [0.25, 0.3) is 0 Å². The Morgan fingerprint density at radius 2 is 1.00 bits per heavy atom. The van der Waals surface area contributed by atoms with Crippen molar-refractivity contribution in [3.63, 3.8) is 0 Å². The molecule has 4 fully saturated rings. The predicted molar refractivity (Wildman–Crippen MR) is 151 cm³/mol. The summed E-state index contributed by atoms with van der Waals surface area (Å²) in [5.41, 5.74) is -1.87. The topological polar surface area (TPSA) is 151 Å². The van der Waals surface area contributed by atoms with Crippen LogP contribution in [0.4, 0.5) is 0 Å². The molecule has 4 aliphatic rings. The zero-order chi connectivity index (χ0) is 30.7. The average molecular weight is 591 g/mol. The van der Waals surface area contributed by atoms with E-state index >= 15 is 0 Å². The molecule has 2 unspecified atom stereocenters. The van der Waals surface area contributed by atoms with Crippen molar-refractivity contribution in [3.05, 3.63) is 0 Å². The fourth-order valence-electron chi connectivity index (χ4n) is 6.82. The van der Waals surface area contributed by atoms with Gasteiger partial charge in [0, 0.05) is 12.1 Å². The standard InChI is InChI=1S/C30H46N4O8/c1-29(2)27(39)33(21-15-9-7-13-19(21)31-29)23(35)25(37)41-17-11-5-6-12-18-42-26(38)24(36)34-22-16-10-8-14-20(22)32-30(3,4)28(34)40/h19-22,31-32H,5-18H2,1-4H3/t19-,20?,21-,22?/m0/s1. The molecule has 2 saturated heterocycles. The van der Waals surface area contributed by atoms with Gasteiger partial charge in [0.1, 0.15) is 0 Å². The lowest BCUT2D eigenvalue weighted by Crippen LogP contribution is -2.72. The maximum atomic E-state index is 13.0. The molecule has 0 radical (unpaired) electrons. The lowest BCUT2D eigenvalue weighted by atomic mass is 9.83. The van der Waals surface area contributed by atoms with Crippen LogP contribution in [0.2, 0.25) is 0 Å². The first-order valence-corrected chi connectivity index (χ1v) is 15.5. The molecule has 0 aromatic carbocycles. The summed E-state index contributed by atoms with van der Waals surface area (Å²) in [6, 6.07) is -0.731. The van der Waals surface area contributed by atoms with E-state index in [0.29, 0.717) is 38.5 Å². The molecule has 234 valence electrons. The van der Waals surface area contributed by atoms with Gasteiger partial charge in [-0.25, -0.2) is 9.59 Å². The van der Waals surface area contributed by atoms with Gasteiger partial charge in [-0.1, -0.05) is 25.7 Å². The van der Waals surface area contributed by atoms with Crippen molar-refractivity contribution in [2.45, 2.75) is 140 Å². The Balaban J connectivity index is 1.15. The highest BCUT2D eigenvalue weighted by atomic mass is 16.5. The van der Waals surface area contributed by atoms with E-state index in [1.807, 2.05) is 0 Å². The third-order valence-corrected chi connectivity index (χ3v) is 9.01. The Hall–Kier alpha value is -2.86. The predicted octanol–water partition coefficient (Wildman–Crippen LogP) is 1.73. The first-order chi connectivity index (χ1) is 19.8. The normalized spacial score (nSPS) is 28.4. The summed E-state index contributed by atoms with van der Waals surface area (Å²) in [5.74, 6) is -4.69. The molecule has 2 aliphatic carbocycles. The van der Waals surface area contributed by atoms with E-state index in [4.69, 9.17) is 9.47 Å². The van der Waals surface area contributed by atoms with E-state index in [-0.39, 0.29) is 37.4 Å². The van der Waals surface area contributed by atoms with Crippen LogP contribution >= 0.6 is 0 Å². The van der Waals surface area contributed by atoms with Crippen molar-refractivity contribution >= 4 is 35.6 Å². The van der Waals surface area contributed by atoms with Crippen molar-refractivity contribution in [1.29, 1.82) is 0 Å². The highest BCUT2D eigenvalue weighted by molar-refractivity contribution is 6.36. The van der Waals surface area contributed by atoms with Crippen LogP contribution < -0.4 is 10.6 Å². The van der Waals surface area contributed by atoms with Crippen LogP contribution in [0.1, 0.15) is 105 Å². The first kappa shape index (κ1) is 32.1. The number of piperazine rings is 2. The number of rotatable bonds is 7. The first-order valence-electron chi connectivity index (χ1n) is 15.5. The summed E-state index contributed by atoms with van der Waals surface area (Å²) >= 11 is 0. The molecule has 42 heavy (non-hydrogen) atoms. The number of hydrogen-bond donors (Lipinski definition) is 2. The number of carbonyl (C=O) groups excluding carboxylic acids is 6. The summed E-state index contributed by atoms with van der Waals surface area (Å²) in [7, 11) is 0. The molecular formula is C30H46N4O8. The Bertz CT molecular complexity index is 1010. The van der Waals surface area contributed by atoms with E-state index in [2.05, 4.69) is 10.6 Å². The van der Waals surface area contributed by atoms with Crippen LogP contribution in [0.3, 0.4) is 0 Å². The minimum Gasteiger partial charge on any atom is -0.459 e. The smallest absolute Gasteiger partial charge is 0.397 e. The molecule has 0 aromatic heterocycles. The molecule has 2 saturated carbocycles. The lowest BCUT2D eigenvalue weighted by Gasteiger charge is -2.49. The van der Waals surface area contributed by atoms with E-state index < -0.39 is 46.6 Å². The molecule has 0 bridgehead atoms. The Morgan fingerprint density at radius 1 is 0.643 bits per heavy atom. The third-order valence-electron chi connectivity index (χ3n) is 9.01. The Morgan fingerprint density at radius 3 is 1.38 bits per heavy atom. The average Bonchev–Trinajstić information content (AvgIpc) is 2.94. The van der Waals surface area contributed by atoms with E-state index in [9.17, 15) is 28.8 Å². The highest BCUT2D eigenvalue weighted by Crippen LogP contribution is 2.32. The van der Waals surface area contributed by atoms with Gasteiger partial charge in [0.05, 0.1) is 36.4 Å². The van der Waals surface area contributed by atoms with Gasteiger partial charge in [-0.3, -0.25) is 39.6 Å². The quantitative estimate of drug-likeness (QED) is 0.255. The van der Waals surface area contributed by atoms with E-state index in [0.717, 1.165) is 48.3 Å². The van der Waals surface area contributed by atoms with Gasteiger partial charge < -0.3 is 9.47 Å². The van der Waals surface area contributed by atoms with Gasteiger partial charge in [0.25, 0.3) is 0 Å². The molecule has 12 heteroatoms. The molecule has 2 heterocycles. The minimum atomic E-state index is -1.02. The molecule has 12 nitrogen and oxygen atoms in total.